The van der Waals surface area contributed by atoms with Crippen molar-refractivity contribution in [2.75, 3.05) is 36.0 Å². The fourth-order valence-electron chi connectivity index (χ4n) is 4.43. The van der Waals surface area contributed by atoms with Crippen LogP contribution in [0.3, 0.4) is 0 Å². The second kappa shape index (κ2) is 9.35. The third kappa shape index (κ3) is 4.43. The van der Waals surface area contributed by atoms with E-state index >= 15 is 0 Å². The van der Waals surface area contributed by atoms with Crippen molar-refractivity contribution >= 4 is 32.4 Å². The molecule has 4 aromatic rings. The summed E-state index contributed by atoms with van der Waals surface area (Å²) < 4.78 is 27.2. The molecule has 35 heavy (non-hydrogen) atoms. The highest BCUT2D eigenvalue weighted by Gasteiger charge is 2.35. The van der Waals surface area contributed by atoms with Crippen molar-refractivity contribution in [3.8, 4) is 6.07 Å². The van der Waals surface area contributed by atoms with Gasteiger partial charge in [-0.15, -0.1) is 0 Å². The lowest BCUT2D eigenvalue weighted by atomic mass is 10.2. The molecule has 0 amide bonds. The second-order valence-electron chi connectivity index (χ2n) is 8.60. The minimum atomic E-state index is -4.01. The Balaban J connectivity index is 1.56. The molecule has 5 rings (SSSR count). The van der Waals surface area contributed by atoms with E-state index in [1.807, 2.05) is 60.4 Å². The van der Waals surface area contributed by atoms with Crippen LogP contribution in [0.15, 0.2) is 83.8 Å². The van der Waals surface area contributed by atoms with Gasteiger partial charge in [-0.2, -0.15) is 5.26 Å². The van der Waals surface area contributed by atoms with Gasteiger partial charge in [0, 0.05) is 31.9 Å². The Kier molecular flexibility index (Phi) is 6.10. The Bertz CT molecular complexity index is 1510. The molecule has 0 unspecified atom stereocenters. The standard InChI is InChI=1S/C27H25N5O2S/c1-20-8-7-11-22(18-20)35(33,34)25(19-28)26-27(30-24-13-6-5-12-23(24)29-26)32-16-14-31(15-17-32)21-9-3-2-4-10-21/h2-13,18,25H,14-17H2,1H3/t25-/m1/s1. The Morgan fingerprint density at radius 2 is 1.46 bits per heavy atom. The number of hydrogen-bond acceptors (Lipinski definition) is 7. The second-order valence-corrected chi connectivity index (χ2v) is 10.6. The summed E-state index contributed by atoms with van der Waals surface area (Å²) in [6, 6.07) is 26.2. The monoisotopic (exact) mass is 483 g/mol. The first kappa shape index (κ1) is 22.8. The summed E-state index contributed by atoms with van der Waals surface area (Å²) in [7, 11) is -4.01. The Labute approximate surface area is 205 Å². The Morgan fingerprint density at radius 1 is 0.829 bits per heavy atom. The molecule has 0 N–H and O–H groups in total. The maximum atomic E-state index is 13.6. The van der Waals surface area contributed by atoms with E-state index in [0.29, 0.717) is 29.9 Å². The fraction of sp³-hybridized carbons (Fsp3) is 0.222. The average molecular weight is 484 g/mol. The zero-order valence-corrected chi connectivity index (χ0v) is 20.2. The summed E-state index contributed by atoms with van der Waals surface area (Å²) >= 11 is 0. The quantitative estimate of drug-likeness (QED) is 0.418. The van der Waals surface area contributed by atoms with Crippen LogP contribution in [0.1, 0.15) is 16.5 Å². The van der Waals surface area contributed by atoms with Gasteiger partial charge in [0.15, 0.2) is 11.1 Å². The molecular weight excluding hydrogens is 458 g/mol. The van der Waals surface area contributed by atoms with E-state index in [2.05, 4.69) is 17.0 Å². The van der Waals surface area contributed by atoms with Crippen LogP contribution in [0, 0.1) is 18.3 Å². The van der Waals surface area contributed by atoms with Crippen LogP contribution in [-0.2, 0) is 9.84 Å². The molecule has 176 valence electrons. The van der Waals surface area contributed by atoms with E-state index in [4.69, 9.17) is 9.97 Å². The molecule has 1 saturated heterocycles. The smallest absolute Gasteiger partial charge is 0.200 e. The van der Waals surface area contributed by atoms with Gasteiger partial charge in [-0.3, -0.25) is 0 Å². The van der Waals surface area contributed by atoms with Crippen LogP contribution in [0.2, 0.25) is 0 Å². The molecule has 1 atom stereocenters. The van der Waals surface area contributed by atoms with Crippen molar-refractivity contribution in [3.05, 3.63) is 90.1 Å². The lowest BCUT2D eigenvalue weighted by molar-refractivity contribution is 0.589. The number of aromatic nitrogens is 2. The summed E-state index contributed by atoms with van der Waals surface area (Å²) in [5.74, 6) is 0.458. The number of sulfone groups is 1. The first-order chi connectivity index (χ1) is 17.0. The van der Waals surface area contributed by atoms with Crippen molar-refractivity contribution in [1.82, 2.24) is 9.97 Å². The van der Waals surface area contributed by atoms with E-state index in [1.165, 1.54) is 6.07 Å². The first-order valence-electron chi connectivity index (χ1n) is 11.5. The highest BCUT2D eigenvalue weighted by atomic mass is 32.2. The molecule has 2 heterocycles. The van der Waals surface area contributed by atoms with Gasteiger partial charge < -0.3 is 9.80 Å². The Hall–Kier alpha value is -3.96. The van der Waals surface area contributed by atoms with Crippen molar-refractivity contribution in [3.63, 3.8) is 0 Å². The molecule has 0 aliphatic carbocycles. The number of anilines is 2. The third-order valence-corrected chi connectivity index (χ3v) is 8.13. The molecular formula is C27H25N5O2S. The highest BCUT2D eigenvalue weighted by Crippen LogP contribution is 2.34. The largest absolute Gasteiger partial charge is 0.368 e. The van der Waals surface area contributed by atoms with E-state index < -0.39 is 15.1 Å². The SMILES string of the molecule is Cc1cccc(S(=O)(=O)[C@H](C#N)c2nc3ccccc3nc2N2CCN(c3ccccc3)CC2)c1. The first-order valence-corrected chi connectivity index (χ1v) is 13.0. The van der Waals surface area contributed by atoms with Crippen molar-refractivity contribution < 1.29 is 8.42 Å². The number of hydrogen-bond donors (Lipinski definition) is 0. The number of piperazine rings is 1. The van der Waals surface area contributed by atoms with Gasteiger partial charge in [0.2, 0.25) is 9.84 Å². The fourth-order valence-corrected chi connectivity index (χ4v) is 5.92. The van der Waals surface area contributed by atoms with Gasteiger partial charge in [-0.1, -0.05) is 42.5 Å². The average Bonchev–Trinajstić information content (AvgIpc) is 2.89. The molecule has 1 aliphatic rings. The van der Waals surface area contributed by atoms with Crippen LogP contribution < -0.4 is 9.80 Å². The van der Waals surface area contributed by atoms with Gasteiger partial charge in [-0.25, -0.2) is 18.4 Å². The molecule has 0 bridgehead atoms. The van der Waals surface area contributed by atoms with Gasteiger partial charge in [-0.05, 0) is 48.9 Å². The van der Waals surface area contributed by atoms with Crippen molar-refractivity contribution in [2.45, 2.75) is 17.1 Å². The van der Waals surface area contributed by atoms with Crippen molar-refractivity contribution in [2.24, 2.45) is 0 Å². The lowest BCUT2D eigenvalue weighted by Crippen LogP contribution is -2.47. The third-order valence-electron chi connectivity index (χ3n) is 6.27. The Morgan fingerprint density at radius 3 is 2.11 bits per heavy atom. The van der Waals surface area contributed by atoms with Crippen LogP contribution in [-0.4, -0.2) is 44.6 Å². The van der Waals surface area contributed by atoms with Crippen LogP contribution in [0.5, 0.6) is 0 Å². The molecule has 7 nitrogen and oxygen atoms in total. The number of fused-ring (bicyclic) bond motifs is 1. The van der Waals surface area contributed by atoms with E-state index in [0.717, 1.165) is 24.3 Å². The van der Waals surface area contributed by atoms with Gasteiger partial charge >= 0.3 is 0 Å². The number of nitrogens with zero attached hydrogens (tertiary/aromatic N) is 5. The van der Waals surface area contributed by atoms with E-state index in [-0.39, 0.29) is 10.6 Å². The van der Waals surface area contributed by atoms with Crippen LogP contribution in [0.4, 0.5) is 11.5 Å². The zero-order valence-electron chi connectivity index (χ0n) is 19.4. The normalized spacial score (nSPS) is 15.1. The molecule has 0 saturated carbocycles. The van der Waals surface area contributed by atoms with Gasteiger partial charge in [0.25, 0.3) is 0 Å². The van der Waals surface area contributed by atoms with E-state index in [1.54, 1.807) is 18.2 Å². The molecule has 0 spiro atoms. The number of benzene rings is 3. The molecule has 1 aromatic heterocycles. The summed E-state index contributed by atoms with van der Waals surface area (Å²) in [6.45, 7) is 4.60. The maximum absolute atomic E-state index is 13.6. The predicted octanol–water partition coefficient (Wildman–Crippen LogP) is 4.30. The van der Waals surface area contributed by atoms with Crippen LogP contribution >= 0.6 is 0 Å². The molecule has 1 aliphatic heterocycles. The molecule has 0 radical (unpaired) electrons. The number of aryl methyl sites for hydroxylation is 1. The summed E-state index contributed by atoms with van der Waals surface area (Å²) in [6.07, 6.45) is 0. The maximum Gasteiger partial charge on any atom is 0.200 e. The highest BCUT2D eigenvalue weighted by molar-refractivity contribution is 7.92. The minimum Gasteiger partial charge on any atom is -0.368 e. The zero-order chi connectivity index (χ0) is 24.4. The number of nitriles is 1. The number of rotatable bonds is 5. The van der Waals surface area contributed by atoms with Gasteiger partial charge in [0.1, 0.15) is 5.69 Å². The number of para-hydroxylation sites is 3. The predicted molar refractivity (Wildman–Crippen MR) is 137 cm³/mol. The topological polar surface area (TPSA) is 90.2 Å². The summed E-state index contributed by atoms with van der Waals surface area (Å²) in [5.41, 5.74) is 3.37. The summed E-state index contributed by atoms with van der Waals surface area (Å²) in [4.78, 5) is 14.0. The van der Waals surface area contributed by atoms with E-state index in [9.17, 15) is 13.7 Å². The van der Waals surface area contributed by atoms with Gasteiger partial charge in [0.05, 0.1) is 22.0 Å². The molecule has 8 heteroatoms. The minimum absolute atomic E-state index is 0.110. The van der Waals surface area contributed by atoms with Crippen molar-refractivity contribution in [1.29, 1.82) is 5.26 Å². The molecule has 1 fully saturated rings. The molecule has 3 aromatic carbocycles. The summed E-state index contributed by atoms with van der Waals surface area (Å²) in [5, 5.41) is 8.64. The van der Waals surface area contributed by atoms with Crippen LogP contribution in [0.25, 0.3) is 11.0 Å². The lowest BCUT2D eigenvalue weighted by Gasteiger charge is -2.37.